The molecule has 0 spiro atoms. The lowest BCUT2D eigenvalue weighted by molar-refractivity contribution is -0.121. The first-order valence-electron chi connectivity index (χ1n) is 5.41. The van der Waals surface area contributed by atoms with E-state index >= 15 is 0 Å². The van der Waals surface area contributed by atoms with Gasteiger partial charge in [0.15, 0.2) is 0 Å². The van der Waals surface area contributed by atoms with Gasteiger partial charge in [0.25, 0.3) is 0 Å². The molecule has 0 heterocycles. The van der Waals surface area contributed by atoms with Crippen molar-refractivity contribution in [1.82, 2.24) is 5.32 Å². The Morgan fingerprint density at radius 2 is 2.00 bits per heavy atom. The van der Waals surface area contributed by atoms with E-state index in [2.05, 4.69) is 5.32 Å². The lowest BCUT2D eigenvalue weighted by Crippen LogP contribution is -2.38. The molecule has 1 aromatic rings. The fraction of sp³-hybridized carbons (Fsp3) is 0.417. The fourth-order valence-electron chi connectivity index (χ4n) is 1.42. The first kappa shape index (κ1) is 13.6. The van der Waals surface area contributed by atoms with Gasteiger partial charge in [-0.3, -0.25) is 4.79 Å². The first-order valence-corrected chi connectivity index (χ1v) is 5.41. The summed E-state index contributed by atoms with van der Waals surface area (Å²) in [5.41, 5.74) is -0.252. The Balaban J connectivity index is 2.68. The smallest absolute Gasteiger partial charge is 0.224 e. The summed E-state index contributed by atoms with van der Waals surface area (Å²) < 4.78 is 26.5. The highest BCUT2D eigenvalue weighted by molar-refractivity contribution is 5.79. The highest BCUT2D eigenvalue weighted by Gasteiger charge is 2.15. The number of carbonyl (C=O) groups is 1. The molecule has 0 bridgehead atoms. The summed E-state index contributed by atoms with van der Waals surface area (Å²) in [4.78, 5) is 11.5. The Bertz CT molecular complexity index is 372. The number of benzene rings is 1. The zero-order valence-corrected chi connectivity index (χ0v) is 9.54. The van der Waals surface area contributed by atoms with Gasteiger partial charge in [-0.25, -0.2) is 8.78 Å². The number of halogens is 2. The van der Waals surface area contributed by atoms with Crippen molar-refractivity contribution in [2.75, 3.05) is 6.61 Å². The quantitative estimate of drug-likeness (QED) is 0.821. The van der Waals surface area contributed by atoms with Crippen LogP contribution < -0.4 is 5.32 Å². The zero-order chi connectivity index (χ0) is 12.8. The van der Waals surface area contributed by atoms with Crippen LogP contribution in [0.15, 0.2) is 18.2 Å². The van der Waals surface area contributed by atoms with Crippen molar-refractivity contribution >= 4 is 5.91 Å². The minimum atomic E-state index is -0.739. The molecule has 3 nitrogen and oxygen atoms in total. The second-order valence-electron chi connectivity index (χ2n) is 3.73. The van der Waals surface area contributed by atoms with Crippen LogP contribution in [0.1, 0.15) is 18.9 Å². The monoisotopic (exact) mass is 243 g/mol. The third-order valence-corrected chi connectivity index (χ3v) is 2.48. The Hall–Kier alpha value is -1.49. The van der Waals surface area contributed by atoms with Gasteiger partial charge in [0, 0.05) is 5.56 Å². The number of amides is 1. The molecule has 1 atom stereocenters. The van der Waals surface area contributed by atoms with Crippen LogP contribution in [-0.2, 0) is 11.2 Å². The van der Waals surface area contributed by atoms with Crippen LogP contribution in [0.3, 0.4) is 0 Å². The molecule has 94 valence electrons. The van der Waals surface area contributed by atoms with Gasteiger partial charge in [0.05, 0.1) is 19.1 Å². The maximum atomic E-state index is 13.2. The molecule has 0 aromatic heterocycles. The van der Waals surface area contributed by atoms with Crippen molar-refractivity contribution in [3.63, 3.8) is 0 Å². The molecule has 0 radical (unpaired) electrons. The molecule has 0 aliphatic carbocycles. The van der Waals surface area contributed by atoms with E-state index in [1.54, 1.807) is 6.92 Å². The molecule has 0 saturated heterocycles. The topological polar surface area (TPSA) is 49.3 Å². The first-order chi connectivity index (χ1) is 8.08. The summed E-state index contributed by atoms with van der Waals surface area (Å²) in [6, 6.07) is 3.08. The second kappa shape index (κ2) is 6.30. The summed E-state index contributed by atoms with van der Waals surface area (Å²) >= 11 is 0. The number of rotatable bonds is 5. The molecule has 0 aliphatic rings. The largest absolute Gasteiger partial charge is 0.394 e. The number of hydrogen-bond donors (Lipinski definition) is 2. The molecule has 0 unspecified atom stereocenters. The SMILES string of the molecule is CC[C@H](CO)NC(=O)Cc1c(F)cccc1F. The number of hydrogen-bond acceptors (Lipinski definition) is 2. The van der Waals surface area contributed by atoms with Crippen LogP contribution >= 0.6 is 0 Å². The Morgan fingerprint density at radius 3 is 2.47 bits per heavy atom. The third-order valence-electron chi connectivity index (χ3n) is 2.48. The van der Waals surface area contributed by atoms with Gasteiger partial charge in [-0.2, -0.15) is 0 Å². The predicted molar refractivity (Wildman–Crippen MR) is 59.4 cm³/mol. The van der Waals surface area contributed by atoms with Gasteiger partial charge in [0.2, 0.25) is 5.91 Å². The molecule has 1 rings (SSSR count). The van der Waals surface area contributed by atoms with Crippen LogP contribution in [0, 0.1) is 11.6 Å². The maximum Gasteiger partial charge on any atom is 0.224 e. The molecule has 0 aliphatic heterocycles. The van der Waals surface area contributed by atoms with Crippen molar-refractivity contribution in [3.05, 3.63) is 35.4 Å². The molecule has 1 aromatic carbocycles. The van der Waals surface area contributed by atoms with Gasteiger partial charge < -0.3 is 10.4 Å². The number of aliphatic hydroxyl groups is 1. The van der Waals surface area contributed by atoms with Gasteiger partial charge in [-0.1, -0.05) is 13.0 Å². The van der Waals surface area contributed by atoms with E-state index in [1.165, 1.54) is 6.07 Å². The van der Waals surface area contributed by atoms with Crippen molar-refractivity contribution in [3.8, 4) is 0 Å². The molecule has 0 saturated carbocycles. The van der Waals surface area contributed by atoms with E-state index in [4.69, 9.17) is 5.11 Å². The van der Waals surface area contributed by atoms with Crippen molar-refractivity contribution in [2.24, 2.45) is 0 Å². The standard InChI is InChI=1S/C12H15F2NO2/c1-2-8(7-16)15-12(17)6-9-10(13)4-3-5-11(9)14/h3-5,8,16H,2,6-7H2,1H3,(H,15,17)/t8-/m1/s1. The summed E-state index contributed by atoms with van der Waals surface area (Å²) in [6.07, 6.45) is 0.191. The maximum absolute atomic E-state index is 13.2. The van der Waals surface area contributed by atoms with Crippen molar-refractivity contribution in [1.29, 1.82) is 0 Å². The van der Waals surface area contributed by atoms with E-state index in [0.29, 0.717) is 6.42 Å². The summed E-state index contributed by atoms with van der Waals surface area (Å²) in [5, 5.41) is 11.4. The van der Waals surface area contributed by atoms with E-state index in [9.17, 15) is 13.6 Å². The van der Waals surface area contributed by atoms with E-state index < -0.39 is 17.5 Å². The molecule has 0 fully saturated rings. The van der Waals surface area contributed by atoms with E-state index in [-0.39, 0.29) is 24.6 Å². The van der Waals surface area contributed by atoms with Crippen LogP contribution in [0.4, 0.5) is 8.78 Å². The minimum absolute atomic E-state index is 0.192. The van der Waals surface area contributed by atoms with Gasteiger partial charge in [-0.15, -0.1) is 0 Å². The lowest BCUT2D eigenvalue weighted by atomic mass is 10.1. The van der Waals surface area contributed by atoms with Crippen LogP contribution in [-0.4, -0.2) is 23.7 Å². The second-order valence-corrected chi connectivity index (χ2v) is 3.73. The number of carbonyl (C=O) groups excluding carboxylic acids is 1. The lowest BCUT2D eigenvalue weighted by Gasteiger charge is -2.14. The number of nitrogens with one attached hydrogen (secondary N) is 1. The average Bonchev–Trinajstić information content (AvgIpc) is 2.31. The van der Waals surface area contributed by atoms with Gasteiger partial charge in [0.1, 0.15) is 11.6 Å². The van der Waals surface area contributed by atoms with Crippen molar-refractivity contribution < 1.29 is 18.7 Å². The van der Waals surface area contributed by atoms with Gasteiger partial charge in [-0.05, 0) is 18.6 Å². The van der Waals surface area contributed by atoms with Crippen LogP contribution in [0.25, 0.3) is 0 Å². The molecule has 2 N–H and O–H groups in total. The average molecular weight is 243 g/mol. The zero-order valence-electron chi connectivity index (χ0n) is 9.54. The van der Waals surface area contributed by atoms with E-state index in [0.717, 1.165) is 12.1 Å². The summed E-state index contributed by atoms with van der Waals surface area (Å²) in [5.74, 6) is -1.98. The molecular formula is C12H15F2NO2. The summed E-state index contributed by atoms with van der Waals surface area (Å²) in [7, 11) is 0. The van der Waals surface area contributed by atoms with Gasteiger partial charge >= 0.3 is 0 Å². The third kappa shape index (κ3) is 3.78. The minimum Gasteiger partial charge on any atom is -0.394 e. The molecule has 17 heavy (non-hydrogen) atoms. The highest BCUT2D eigenvalue weighted by Crippen LogP contribution is 2.12. The van der Waals surface area contributed by atoms with Crippen molar-refractivity contribution in [2.45, 2.75) is 25.8 Å². The normalized spacial score (nSPS) is 12.2. The Labute approximate surface area is 98.5 Å². The molecular weight excluding hydrogens is 228 g/mol. The predicted octanol–water partition coefficient (Wildman–Crippen LogP) is 1.39. The highest BCUT2D eigenvalue weighted by atomic mass is 19.1. The molecule has 5 heteroatoms. The van der Waals surface area contributed by atoms with Crippen LogP contribution in [0.2, 0.25) is 0 Å². The summed E-state index contributed by atoms with van der Waals surface area (Å²) in [6.45, 7) is 1.60. The Kier molecular flexibility index (Phi) is 5.03. The fourth-order valence-corrected chi connectivity index (χ4v) is 1.42. The Morgan fingerprint density at radius 1 is 1.41 bits per heavy atom. The van der Waals surface area contributed by atoms with Crippen LogP contribution in [0.5, 0.6) is 0 Å². The van der Waals surface area contributed by atoms with E-state index in [1.807, 2.05) is 0 Å². The molecule has 1 amide bonds. The number of aliphatic hydroxyl groups excluding tert-OH is 1.